The summed E-state index contributed by atoms with van der Waals surface area (Å²) >= 11 is 0. The molecule has 1 aliphatic carbocycles. The predicted molar refractivity (Wildman–Crippen MR) is 86.2 cm³/mol. The third-order valence-corrected chi connectivity index (χ3v) is 5.54. The molecule has 1 heterocycles. The third kappa shape index (κ3) is 3.82. The van der Waals surface area contributed by atoms with Crippen molar-refractivity contribution in [3.8, 4) is 0 Å². The van der Waals surface area contributed by atoms with Crippen LogP contribution >= 0.6 is 0 Å². The van der Waals surface area contributed by atoms with Crippen molar-refractivity contribution in [2.24, 2.45) is 23.7 Å². The molecular weight excluding hydrogens is 278 g/mol. The lowest BCUT2D eigenvalue weighted by molar-refractivity contribution is -0.156. The molecule has 2 aliphatic rings. The molecule has 0 bridgehead atoms. The molecule has 0 unspecified atom stereocenters. The lowest BCUT2D eigenvalue weighted by atomic mass is 9.69. The van der Waals surface area contributed by atoms with E-state index in [1.165, 1.54) is 6.42 Å². The molecule has 0 aromatic rings. The number of likely N-dealkylation sites (N-methyl/N-ethyl adjacent to an activating group) is 1. The van der Waals surface area contributed by atoms with Crippen molar-refractivity contribution in [2.45, 2.75) is 65.3 Å². The minimum atomic E-state index is -0.389. The van der Waals surface area contributed by atoms with Gasteiger partial charge in [-0.1, -0.05) is 27.2 Å². The number of rotatable bonds is 3. The van der Waals surface area contributed by atoms with Gasteiger partial charge in [-0.05, 0) is 49.9 Å². The molecule has 1 saturated heterocycles. The fourth-order valence-corrected chi connectivity index (χ4v) is 4.08. The molecule has 126 valence electrons. The Morgan fingerprint density at radius 1 is 1.23 bits per heavy atom. The van der Waals surface area contributed by atoms with Crippen molar-refractivity contribution in [2.75, 3.05) is 13.7 Å². The maximum Gasteiger partial charge on any atom is 0.328 e. The van der Waals surface area contributed by atoms with Gasteiger partial charge in [0.1, 0.15) is 6.04 Å². The normalized spacial score (nSPS) is 33.2. The molecule has 0 spiro atoms. The van der Waals surface area contributed by atoms with Gasteiger partial charge in [-0.3, -0.25) is 4.79 Å². The summed E-state index contributed by atoms with van der Waals surface area (Å²) in [6.45, 7) is 7.14. The van der Waals surface area contributed by atoms with E-state index >= 15 is 0 Å². The van der Waals surface area contributed by atoms with Gasteiger partial charge >= 0.3 is 5.97 Å². The van der Waals surface area contributed by atoms with E-state index in [9.17, 15) is 9.59 Å². The number of carbonyl (C=O) groups is 2. The lowest BCUT2D eigenvalue weighted by Crippen LogP contribution is -2.48. The number of hydrogen-bond acceptors (Lipinski definition) is 3. The Bertz CT molecular complexity index is 407. The summed E-state index contributed by atoms with van der Waals surface area (Å²) in [5.41, 5.74) is 0. The Morgan fingerprint density at radius 2 is 1.95 bits per heavy atom. The highest BCUT2D eigenvalue weighted by molar-refractivity contribution is 5.86. The number of nitrogens with zero attached hydrogens (tertiary/aromatic N) is 1. The van der Waals surface area contributed by atoms with Gasteiger partial charge < -0.3 is 9.64 Å². The quantitative estimate of drug-likeness (QED) is 0.752. The molecule has 1 saturated carbocycles. The molecule has 1 amide bonds. The molecule has 2 rings (SSSR count). The number of esters is 1. The van der Waals surface area contributed by atoms with Crippen LogP contribution in [-0.4, -0.2) is 36.5 Å². The molecule has 2 fully saturated rings. The first kappa shape index (κ1) is 17.3. The summed E-state index contributed by atoms with van der Waals surface area (Å²) in [4.78, 5) is 26.8. The van der Waals surface area contributed by atoms with Crippen LogP contribution in [0.1, 0.15) is 59.3 Å². The molecular formula is C18H31NO3. The van der Waals surface area contributed by atoms with Crippen molar-refractivity contribution in [3.05, 3.63) is 0 Å². The molecule has 22 heavy (non-hydrogen) atoms. The van der Waals surface area contributed by atoms with Crippen molar-refractivity contribution in [3.63, 3.8) is 0 Å². The zero-order valence-corrected chi connectivity index (χ0v) is 14.5. The average Bonchev–Trinajstić information content (AvgIpc) is 2.69. The Labute approximate surface area is 134 Å². The van der Waals surface area contributed by atoms with Gasteiger partial charge in [-0.25, -0.2) is 4.79 Å². The van der Waals surface area contributed by atoms with Crippen LogP contribution in [0.25, 0.3) is 0 Å². The highest BCUT2D eigenvalue weighted by Gasteiger charge is 2.39. The Kier molecular flexibility index (Phi) is 5.87. The van der Waals surface area contributed by atoms with Gasteiger partial charge in [0.15, 0.2) is 0 Å². The van der Waals surface area contributed by atoms with E-state index in [1.807, 2.05) is 0 Å². The van der Waals surface area contributed by atoms with Crippen LogP contribution in [0.4, 0.5) is 0 Å². The summed E-state index contributed by atoms with van der Waals surface area (Å²) < 4.78 is 5.24. The fourth-order valence-electron chi connectivity index (χ4n) is 4.08. The van der Waals surface area contributed by atoms with Crippen LogP contribution in [0, 0.1) is 23.7 Å². The maximum atomic E-state index is 13.0. The van der Waals surface area contributed by atoms with E-state index in [2.05, 4.69) is 20.8 Å². The first-order chi connectivity index (χ1) is 10.4. The van der Waals surface area contributed by atoms with Gasteiger partial charge in [0.05, 0.1) is 6.61 Å². The van der Waals surface area contributed by atoms with E-state index in [0.717, 1.165) is 32.1 Å². The van der Waals surface area contributed by atoms with Crippen molar-refractivity contribution >= 4 is 11.9 Å². The van der Waals surface area contributed by atoms with Gasteiger partial charge in [0, 0.05) is 13.0 Å². The highest BCUT2D eigenvalue weighted by Crippen LogP contribution is 2.39. The van der Waals surface area contributed by atoms with Crippen LogP contribution in [0.15, 0.2) is 0 Å². The fraction of sp³-hybridized carbons (Fsp3) is 0.889. The zero-order valence-electron chi connectivity index (χ0n) is 14.5. The lowest BCUT2D eigenvalue weighted by Gasteiger charge is -2.39. The average molecular weight is 309 g/mol. The maximum absolute atomic E-state index is 13.0. The number of amides is 1. The van der Waals surface area contributed by atoms with Crippen LogP contribution in [0.3, 0.4) is 0 Å². The SMILES string of the molecule is CC(C)[C@@H]1CC[C@@H](C)C[C@H]1C(=O)N(C)[C@@H]1CCCCOC1=O. The molecule has 4 heteroatoms. The Hall–Kier alpha value is -1.06. The van der Waals surface area contributed by atoms with Crippen molar-refractivity contribution < 1.29 is 14.3 Å². The van der Waals surface area contributed by atoms with Crippen molar-refractivity contribution in [1.82, 2.24) is 4.90 Å². The van der Waals surface area contributed by atoms with Crippen LogP contribution in [0.2, 0.25) is 0 Å². The topological polar surface area (TPSA) is 46.6 Å². The summed E-state index contributed by atoms with van der Waals surface area (Å²) in [5, 5.41) is 0. The first-order valence-corrected chi connectivity index (χ1v) is 8.85. The zero-order chi connectivity index (χ0) is 16.3. The number of ether oxygens (including phenoxy) is 1. The first-order valence-electron chi connectivity index (χ1n) is 8.85. The molecule has 1 aliphatic heterocycles. The summed E-state index contributed by atoms with van der Waals surface area (Å²) in [6.07, 6.45) is 5.87. The Balaban J connectivity index is 2.11. The van der Waals surface area contributed by atoms with Crippen LogP contribution in [0.5, 0.6) is 0 Å². The minimum Gasteiger partial charge on any atom is -0.464 e. The molecule has 0 aromatic heterocycles. The summed E-state index contributed by atoms with van der Waals surface area (Å²) in [7, 11) is 1.79. The second-order valence-corrected chi connectivity index (χ2v) is 7.56. The van der Waals surface area contributed by atoms with Crippen molar-refractivity contribution in [1.29, 1.82) is 0 Å². The monoisotopic (exact) mass is 309 g/mol. The second-order valence-electron chi connectivity index (χ2n) is 7.56. The Morgan fingerprint density at radius 3 is 2.64 bits per heavy atom. The second kappa shape index (κ2) is 7.47. The highest BCUT2D eigenvalue weighted by atomic mass is 16.5. The van der Waals surface area contributed by atoms with Crippen LogP contribution in [-0.2, 0) is 14.3 Å². The van der Waals surface area contributed by atoms with E-state index < -0.39 is 0 Å². The van der Waals surface area contributed by atoms with Crippen LogP contribution < -0.4 is 0 Å². The molecule has 0 radical (unpaired) electrons. The molecule has 4 nitrogen and oxygen atoms in total. The number of carbonyl (C=O) groups excluding carboxylic acids is 2. The molecule has 0 N–H and O–H groups in total. The standard InChI is InChI=1S/C18H31NO3/c1-12(2)14-9-8-13(3)11-15(14)17(20)19(4)16-7-5-6-10-22-18(16)21/h12-16H,5-11H2,1-4H3/t13-,14+,15-,16-/m1/s1. The summed E-state index contributed by atoms with van der Waals surface area (Å²) in [5.74, 6) is 1.53. The largest absolute Gasteiger partial charge is 0.464 e. The van der Waals surface area contributed by atoms with E-state index in [-0.39, 0.29) is 23.8 Å². The third-order valence-electron chi connectivity index (χ3n) is 5.54. The van der Waals surface area contributed by atoms with E-state index in [1.54, 1.807) is 11.9 Å². The van der Waals surface area contributed by atoms with Gasteiger partial charge in [-0.15, -0.1) is 0 Å². The van der Waals surface area contributed by atoms with Gasteiger partial charge in [-0.2, -0.15) is 0 Å². The van der Waals surface area contributed by atoms with Gasteiger partial charge in [0.25, 0.3) is 0 Å². The van der Waals surface area contributed by atoms with Gasteiger partial charge in [0.2, 0.25) is 5.91 Å². The number of hydrogen-bond donors (Lipinski definition) is 0. The van der Waals surface area contributed by atoms with E-state index in [4.69, 9.17) is 4.74 Å². The van der Waals surface area contributed by atoms with E-state index in [0.29, 0.717) is 24.4 Å². The number of cyclic esters (lactones) is 1. The summed E-state index contributed by atoms with van der Waals surface area (Å²) in [6, 6.07) is -0.389. The smallest absolute Gasteiger partial charge is 0.328 e. The predicted octanol–water partition coefficient (Wildman–Crippen LogP) is 3.25. The minimum absolute atomic E-state index is 0.0600. The molecule has 0 aromatic carbocycles. The molecule has 4 atom stereocenters.